The highest BCUT2D eigenvalue weighted by atomic mass is 15.3. The van der Waals surface area contributed by atoms with Crippen molar-refractivity contribution < 1.29 is 0 Å². The monoisotopic (exact) mass is 283 g/mol. The predicted octanol–water partition coefficient (Wildman–Crippen LogP) is 3.32. The van der Waals surface area contributed by atoms with Crippen molar-refractivity contribution in [2.75, 3.05) is 26.7 Å². The molecule has 3 heteroatoms. The Balaban J connectivity index is 1.91. The van der Waals surface area contributed by atoms with Crippen LogP contribution in [0.5, 0.6) is 0 Å². The van der Waals surface area contributed by atoms with Crippen LogP contribution in [0.2, 0.25) is 0 Å². The summed E-state index contributed by atoms with van der Waals surface area (Å²) in [7, 11) is 1.86. The van der Waals surface area contributed by atoms with Crippen LogP contribution in [0.1, 0.15) is 25.3 Å². The minimum Gasteiger partial charge on any atom is -0.356 e. The van der Waals surface area contributed by atoms with E-state index in [0.717, 1.165) is 38.4 Å². The Labute approximate surface area is 128 Å². The molecule has 0 spiro atoms. The van der Waals surface area contributed by atoms with E-state index < -0.39 is 0 Å². The number of benzene rings is 1. The highest BCUT2D eigenvalue weighted by Gasteiger charge is 2.15. The first-order valence-electron chi connectivity index (χ1n) is 7.66. The van der Waals surface area contributed by atoms with Crippen LogP contribution >= 0.6 is 0 Å². The average Bonchev–Trinajstić information content (AvgIpc) is 2.56. The lowest BCUT2D eigenvalue weighted by Gasteiger charge is -2.29. The van der Waals surface area contributed by atoms with Gasteiger partial charge in [0.05, 0.1) is 0 Å². The lowest BCUT2D eigenvalue weighted by atomic mass is 10.00. The van der Waals surface area contributed by atoms with Gasteiger partial charge in [-0.1, -0.05) is 48.6 Å². The zero-order chi connectivity index (χ0) is 14.9. The topological polar surface area (TPSA) is 27.6 Å². The molecule has 0 amide bonds. The van der Waals surface area contributed by atoms with E-state index in [9.17, 15) is 0 Å². The average molecular weight is 283 g/mol. The standard InChI is InChI=1S/C18H25N3/c1-3-4-8-13-20-18(19-2)21-14-11-17(12-15-21)16-9-6-5-7-10-16/h3-7,9-11H,8,12-15H2,1-2H3,(H,19,20). The second-order valence-electron chi connectivity index (χ2n) is 5.12. The maximum absolute atomic E-state index is 4.39. The summed E-state index contributed by atoms with van der Waals surface area (Å²) in [5.74, 6) is 1.00. The quantitative estimate of drug-likeness (QED) is 0.397. The summed E-state index contributed by atoms with van der Waals surface area (Å²) in [5.41, 5.74) is 2.78. The summed E-state index contributed by atoms with van der Waals surface area (Å²) in [6.07, 6.45) is 8.68. The van der Waals surface area contributed by atoms with Gasteiger partial charge in [0, 0.05) is 26.7 Å². The summed E-state index contributed by atoms with van der Waals surface area (Å²) < 4.78 is 0. The number of nitrogens with zero attached hydrogens (tertiary/aromatic N) is 2. The van der Waals surface area contributed by atoms with Crippen LogP contribution < -0.4 is 5.32 Å². The van der Waals surface area contributed by atoms with E-state index in [-0.39, 0.29) is 0 Å². The van der Waals surface area contributed by atoms with Crippen LogP contribution in [-0.2, 0) is 0 Å². The van der Waals surface area contributed by atoms with Gasteiger partial charge in [-0.2, -0.15) is 0 Å². The van der Waals surface area contributed by atoms with Gasteiger partial charge in [0.1, 0.15) is 0 Å². The molecule has 0 saturated carbocycles. The number of guanidine groups is 1. The van der Waals surface area contributed by atoms with Crippen molar-refractivity contribution in [2.45, 2.75) is 19.8 Å². The number of rotatable bonds is 4. The second-order valence-corrected chi connectivity index (χ2v) is 5.12. The fraction of sp³-hybridized carbons (Fsp3) is 0.389. The molecule has 0 atom stereocenters. The molecule has 0 aliphatic carbocycles. The molecular formula is C18H25N3. The van der Waals surface area contributed by atoms with Crippen LogP contribution in [-0.4, -0.2) is 37.5 Å². The van der Waals surface area contributed by atoms with Crippen molar-refractivity contribution in [3.05, 3.63) is 54.1 Å². The highest BCUT2D eigenvalue weighted by molar-refractivity contribution is 5.81. The molecule has 0 radical (unpaired) electrons. The number of aliphatic imine (C=N–C) groups is 1. The molecule has 0 fully saturated rings. The zero-order valence-electron chi connectivity index (χ0n) is 13.0. The van der Waals surface area contributed by atoms with E-state index in [0.29, 0.717) is 0 Å². The van der Waals surface area contributed by atoms with Gasteiger partial charge in [0.15, 0.2) is 5.96 Å². The number of nitrogens with one attached hydrogen (secondary N) is 1. The Hall–Kier alpha value is -2.03. The van der Waals surface area contributed by atoms with Gasteiger partial charge in [0.25, 0.3) is 0 Å². The Kier molecular flexibility index (Phi) is 6.07. The maximum Gasteiger partial charge on any atom is 0.193 e. The molecule has 0 saturated heterocycles. The van der Waals surface area contributed by atoms with Gasteiger partial charge in [-0.25, -0.2) is 0 Å². The SMILES string of the molecule is CC=CCCNC(=NC)N1CC=C(c2ccccc2)CC1. The summed E-state index contributed by atoms with van der Waals surface area (Å²) >= 11 is 0. The van der Waals surface area contributed by atoms with Crippen LogP contribution in [0.15, 0.2) is 53.6 Å². The van der Waals surface area contributed by atoms with Gasteiger partial charge in [-0.05, 0) is 30.9 Å². The fourth-order valence-electron chi connectivity index (χ4n) is 2.54. The lowest BCUT2D eigenvalue weighted by molar-refractivity contribution is 0.440. The summed E-state index contributed by atoms with van der Waals surface area (Å²) in [4.78, 5) is 6.69. The van der Waals surface area contributed by atoms with E-state index in [1.54, 1.807) is 0 Å². The molecule has 1 aromatic carbocycles. The molecular weight excluding hydrogens is 258 g/mol. The predicted molar refractivity (Wildman–Crippen MR) is 91.4 cm³/mol. The molecule has 1 aliphatic rings. The van der Waals surface area contributed by atoms with Crippen molar-refractivity contribution in [1.82, 2.24) is 10.2 Å². The van der Waals surface area contributed by atoms with Crippen molar-refractivity contribution in [2.24, 2.45) is 4.99 Å². The molecule has 1 aromatic rings. The molecule has 0 unspecified atom stereocenters. The molecule has 1 N–H and O–H groups in total. The third kappa shape index (κ3) is 4.48. The largest absolute Gasteiger partial charge is 0.356 e. The van der Waals surface area contributed by atoms with Gasteiger partial charge in [-0.15, -0.1) is 0 Å². The second kappa shape index (κ2) is 8.30. The van der Waals surface area contributed by atoms with E-state index in [1.165, 1.54) is 11.1 Å². The molecule has 3 nitrogen and oxygen atoms in total. The van der Waals surface area contributed by atoms with E-state index in [2.05, 4.69) is 70.7 Å². The molecule has 0 aromatic heterocycles. The Morgan fingerprint density at radius 3 is 2.76 bits per heavy atom. The van der Waals surface area contributed by atoms with Gasteiger partial charge >= 0.3 is 0 Å². The smallest absolute Gasteiger partial charge is 0.193 e. The molecule has 1 aliphatic heterocycles. The highest BCUT2D eigenvalue weighted by Crippen LogP contribution is 2.21. The van der Waals surface area contributed by atoms with Crippen LogP contribution in [0, 0.1) is 0 Å². The zero-order valence-corrected chi connectivity index (χ0v) is 13.0. The van der Waals surface area contributed by atoms with E-state index >= 15 is 0 Å². The third-order valence-electron chi connectivity index (χ3n) is 3.69. The number of hydrogen-bond acceptors (Lipinski definition) is 1. The normalized spacial score (nSPS) is 16.2. The van der Waals surface area contributed by atoms with Crippen molar-refractivity contribution in [3.63, 3.8) is 0 Å². The van der Waals surface area contributed by atoms with Gasteiger partial charge in [0.2, 0.25) is 0 Å². The summed E-state index contributed by atoms with van der Waals surface area (Å²) in [6.45, 7) is 4.93. The molecule has 21 heavy (non-hydrogen) atoms. The first-order valence-corrected chi connectivity index (χ1v) is 7.66. The van der Waals surface area contributed by atoms with Gasteiger partial charge in [-0.3, -0.25) is 4.99 Å². The lowest BCUT2D eigenvalue weighted by Crippen LogP contribution is -2.43. The molecule has 0 bridgehead atoms. The Morgan fingerprint density at radius 1 is 1.33 bits per heavy atom. The van der Waals surface area contributed by atoms with Crippen LogP contribution in [0.4, 0.5) is 0 Å². The minimum absolute atomic E-state index is 0.924. The molecule has 112 valence electrons. The Morgan fingerprint density at radius 2 is 2.14 bits per heavy atom. The fourth-order valence-corrected chi connectivity index (χ4v) is 2.54. The first kappa shape index (κ1) is 15.4. The van der Waals surface area contributed by atoms with Crippen molar-refractivity contribution >= 4 is 11.5 Å². The third-order valence-corrected chi connectivity index (χ3v) is 3.69. The summed E-state index contributed by atoms with van der Waals surface area (Å²) in [6, 6.07) is 10.6. The molecule has 2 rings (SSSR count). The number of allylic oxidation sites excluding steroid dienone is 1. The van der Waals surface area contributed by atoms with Crippen LogP contribution in [0.3, 0.4) is 0 Å². The van der Waals surface area contributed by atoms with E-state index in [1.807, 2.05) is 7.05 Å². The Bertz CT molecular complexity index is 515. The first-order chi connectivity index (χ1) is 10.3. The molecule has 1 heterocycles. The van der Waals surface area contributed by atoms with Crippen molar-refractivity contribution in [1.29, 1.82) is 0 Å². The maximum atomic E-state index is 4.39. The van der Waals surface area contributed by atoms with Gasteiger partial charge < -0.3 is 10.2 Å². The summed E-state index contributed by atoms with van der Waals surface area (Å²) in [5, 5.41) is 3.42. The number of hydrogen-bond donors (Lipinski definition) is 1. The van der Waals surface area contributed by atoms with Crippen LogP contribution in [0.25, 0.3) is 5.57 Å². The van der Waals surface area contributed by atoms with Crippen molar-refractivity contribution in [3.8, 4) is 0 Å². The van der Waals surface area contributed by atoms with E-state index in [4.69, 9.17) is 0 Å². The minimum atomic E-state index is 0.924.